The van der Waals surface area contributed by atoms with Crippen molar-refractivity contribution in [3.05, 3.63) is 0 Å². The number of nitrogens with one attached hydrogen (secondary N) is 2. The molecule has 3 N–H and O–H groups in total. The second-order valence-electron chi connectivity index (χ2n) is 7.46. The number of hydrogen-bond donors (Lipinski definition) is 3. The second-order valence-corrected chi connectivity index (χ2v) is 7.46. The molecule has 1 aliphatic heterocycles. The van der Waals surface area contributed by atoms with Crippen LogP contribution in [0, 0.1) is 11.8 Å². The van der Waals surface area contributed by atoms with Crippen molar-refractivity contribution in [3.8, 4) is 0 Å². The Bertz CT molecular complexity index is 352. The molecule has 2 rings (SSSR count). The van der Waals surface area contributed by atoms with Crippen molar-refractivity contribution in [1.82, 2.24) is 15.5 Å². The molecular formula is C17H33N3O2. The molecule has 1 unspecified atom stereocenters. The van der Waals surface area contributed by atoms with Gasteiger partial charge in [0, 0.05) is 6.54 Å². The van der Waals surface area contributed by atoms with E-state index in [1.807, 2.05) is 6.92 Å². The Morgan fingerprint density at radius 1 is 1.23 bits per heavy atom. The minimum absolute atomic E-state index is 0.0124. The van der Waals surface area contributed by atoms with E-state index in [1.165, 1.54) is 25.9 Å². The monoisotopic (exact) mass is 311 g/mol. The summed E-state index contributed by atoms with van der Waals surface area (Å²) in [4.78, 5) is 14.4. The number of hydrogen-bond acceptors (Lipinski definition) is 3. The predicted octanol–water partition coefficient (Wildman–Crippen LogP) is 1.96. The molecule has 1 atom stereocenters. The Kier molecular flexibility index (Phi) is 6.50. The standard InChI is InChI=1S/C17H33N3O2/c1-14-7-11-20(12-8-14)10-4-3-9-18-16(22)19-17(2,13-21)15-5-6-15/h14-15,21H,3-13H2,1-2H3,(H2,18,19,22). The predicted molar refractivity (Wildman–Crippen MR) is 88.8 cm³/mol. The van der Waals surface area contributed by atoms with E-state index in [1.54, 1.807) is 0 Å². The van der Waals surface area contributed by atoms with Crippen LogP contribution < -0.4 is 10.6 Å². The first-order valence-corrected chi connectivity index (χ1v) is 8.93. The van der Waals surface area contributed by atoms with Gasteiger partial charge >= 0.3 is 6.03 Å². The zero-order valence-corrected chi connectivity index (χ0v) is 14.2. The molecule has 2 fully saturated rings. The van der Waals surface area contributed by atoms with Gasteiger partial charge in [0.05, 0.1) is 12.1 Å². The van der Waals surface area contributed by atoms with Crippen LogP contribution in [0.2, 0.25) is 0 Å². The summed E-state index contributed by atoms with van der Waals surface area (Å²) in [5.41, 5.74) is -0.450. The van der Waals surface area contributed by atoms with Crippen molar-refractivity contribution in [3.63, 3.8) is 0 Å². The minimum atomic E-state index is -0.450. The van der Waals surface area contributed by atoms with Crippen molar-refractivity contribution >= 4 is 6.03 Å². The fourth-order valence-electron chi connectivity index (χ4n) is 3.24. The van der Waals surface area contributed by atoms with Gasteiger partial charge in [-0.05, 0) is 76.9 Å². The number of unbranched alkanes of at least 4 members (excludes halogenated alkanes) is 1. The first-order valence-electron chi connectivity index (χ1n) is 8.93. The third-order valence-corrected chi connectivity index (χ3v) is 5.27. The van der Waals surface area contributed by atoms with Crippen LogP contribution in [-0.2, 0) is 0 Å². The van der Waals surface area contributed by atoms with Gasteiger partial charge in [-0.3, -0.25) is 0 Å². The van der Waals surface area contributed by atoms with Gasteiger partial charge in [-0.15, -0.1) is 0 Å². The lowest BCUT2D eigenvalue weighted by atomic mass is 9.97. The second kappa shape index (κ2) is 8.16. The van der Waals surface area contributed by atoms with Crippen LogP contribution in [0.25, 0.3) is 0 Å². The molecule has 1 heterocycles. The number of carbonyl (C=O) groups excluding carboxylic acids is 1. The molecular weight excluding hydrogens is 278 g/mol. The zero-order valence-electron chi connectivity index (χ0n) is 14.2. The van der Waals surface area contributed by atoms with Crippen LogP contribution in [0.4, 0.5) is 4.79 Å². The van der Waals surface area contributed by atoms with Crippen molar-refractivity contribution in [2.24, 2.45) is 11.8 Å². The van der Waals surface area contributed by atoms with E-state index in [4.69, 9.17) is 0 Å². The van der Waals surface area contributed by atoms with Gasteiger partial charge in [-0.2, -0.15) is 0 Å². The van der Waals surface area contributed by atoms with Crippen LogP contribution >= 0.6 is 0 Å². The average molecular weight is 311 g/mol. The summed E-state index contributed by atoms with van der Waals surface area (Å²) < 4.78 is 0. The number of carbonyl (C=O) groups is 1. The summed E-state index contributed by atoms with van der Waals surface area (Å²) in [6.07, 6.45) is 6.99. The number of nitrogens with zero attached hydrogens (tertiary/aromatic N) is 1. The molecule has 5 nitrogen and oxygen atoms in total. The number of aliphatic hydroxyl groups excluding tert-OH is 1. The lowest BCUT2D eigenvalue weighted by Crippen LogP contribution is -2.54. The largest absolute Gasteiger partial charge is 0.394 e. The Morgan fingerprint density at radius 2 is 1.91 bits per heavy atom. The number of aliphatic hydroxyl groups is 1. The lowest BCUT2D eigenvalue weighted by molar-refractivity contribution is 0.155. The van der Waals surface area contributed by atoms with Crippen molar-refractivity contribution < 1.29 is 9.90 Å². The molecule has 0 aromatic carbocycles. The van der Waals surface area contributed by atoms with Crippen LogP contribution in [-0.4, -0.2) is 54.4 Å². The number of likely N-dealkylation sites (tertiary alicyclic amines) is 1. The van der Waals surface area contributed by atoms with Gasteiger partial charge in [-0.1, -0.05) is 6.92 Å². The van der Waals surface area contributed by atoms with E-state index in [0.29, 0.717) is 12.5 Å². The highest BCUT2D eigenvalue weighted by atomic mass is 16.3. The number of piperidine rings is 1. The van der Waals surface area contributed by atoms with E-state index >= 15 is 0 Å². The van der Waals surface area contributed by atoms with E-state index in [9.17, 15) is 9.90 Å². The number of amides is 2. The maximum atomic E-state index is 11.9. The Balaban J connectivity index is 1.52. The maximum Gasteiger partial charge on any atom is 0.315 e. The molecule has 5 heteroatoms. The van der Waals surface area contributed by atoms with Gasteiger partial charge in [0.25, 0.3) is 0 Å². The molecule has 1 aliphatic carbocycles. The number of rotatable bonds is 8. The van der Waals surface area contributed by atoms with Crippen LogP contribution in [0.3, 0.4) is 0 Å². The van der Waals surface area contributed by atoms with E-state index in [2.05, 4.69) is 22.5 Å². The lowest BCUT2D eigenvalue weighted by Gasteiger charge is -2.30. The highest BCUT2D eigenvalue weighted by Gasteiger charge is 2.42. The molecule has 1 saturated heterocycles. The highest BCUT2D eigenvalue weighted by Crippen LogP contribution is 2.39. The summed E-state index contributed by atoms with van der Waals surface area (Å²) in [5, 5.41) is 15.3. The zero-order chi connectivity index (χ0) is 16.0. The van der Waals surface area contributed by atoms with Crippen LogP contribution in [0.5, 0.6) is 0 Å². The van der Waals surface area contributed by atoms with Crippen molar-refractivity contribution in [2.75, 3.05) is 32.8 Å². The average Bonchev–Trinajstić information content (AvgIpc) is 3.34. The molecule has 0 aromatic heterocycles. The molecule has 0 radical (unpaired) electrons. The first-order chi connectivity index (χ1) is 10.5. The molecule has 0 bridgehead atoms. The van der Waals surface area contributed by atoms with Gasteiger partial charge in [0.1, 0.15) is 0 Å². The fourth-order valence-corrected chi connectivity index (χ4v) is 3.24. The van der Waals surface area contributed by atoms with Crippen LogP contribution in [0.1, 0.15) is 52.4 Å². The van der Waals surface area contributed by atoms with E-state index in [0.717, 1.165) is 38.1 Å². The van der Waals surface area contributed by atoms with Gasteiger partial charge < -0.3 is 20.6 Å². The topological polar surface area (TPSA) is 64.6 Å². The Morgan fingerprint density at radius 3 is 2.50 bits per heavy atom. The summed E-state index contributed by atoms with van der Waals surface area (Å²) in [6.45, 7) is 8.59. The number of urea groups is 1. The molecule has 0 aromatic rings. The molecule has 1 saturated carbocycles. The quantitative estimate of drug-likeness (QED) is 0.600. The van der Waals surface area contributed by atoms with Crippen LogP contribution in [0.15, 0.2) is 0 Å². The van der Waals surface area contributed by atoms with E-state index < -0.39 is 5.54 Å². The normalized spacial score (nSPS) is 23.0. The SMILES string of the molecule is CC1CCN(CCCCNC(=O)NC(C)(CO)C2CC2)CC1. The molecule has 0 spiro atoms. The molecule has 2 amide bonds. The Labute approximate surface area is 134 Å². The minimum Gasteiger partial charge on any atom is -0.394 e. The smallest absolute Gasteiger partial charge is 0.315 e. The third-order valence-electron chi connectivity index (χ3n) is 5.27. The molecule has 22 heavy (non-hydrogen) atoms. The van der Waals surface area contributed by atoms with Gasteiger partial charge in [0.2, 0.25) is 0 Å². The summed E-state index contributed by atoms with van der Waals surface area (Å²) in [5.74, 6) is 1.32. The summed E-state index contributed by atoms with van der Waals surface area (Å²) in [7, 11) is 0. The van der Waals surface area contributed by atoms with Gasteiger partial charge in [-0.25, -0.2) is 4.79 Å². The first kappa shape index (κ1) is 17.5. The van der Waals surface area contributed by atoms with E-state index in [-0.39, 0.29) is 12.6 Å². The van der Waals surface area contributed by atoms with Gasteiger partial charge in [0.15, 0.2) is 0 Å². The Hall–Kier alpha value is -0.810. The molecule has 2 aliphatic rings. The fraction of sp³-hybridized carbons (Fsp3) is 0.941. The highest BCUT2D eigenvalue weighted by molar-refractivity contribution is 5.74. The third kappa shape index (κ3) is 5.43. The summed E-state index contributed by atoms with van der Waals surface area (Å²) >= 11 is 0. The van der Waals surface area contributed by atoms with Crippen molar-refractivity contribution in [2.45, 2.75) is 57.9 Å². The maximum absolute atomic E-state index is 11.9. The van der Waals surface area contributed by atoms with Crippen molar-refractivity contribution in [1.29, 1.82) is 0 Å². The molecule has 128 valence electrons. The summed E-state index contributed by atoms with van der Waals surface area (Å²) in [6, 6.07) is -0.143.